The van der Waals surface area contributed by atoms with Gasteiger partial charge in [0.1, 0.15) is 17.6 Å². The van der Waals surface area contributed by atoms with Crippen LogP contribution in [-0.4, -0.2) is 36.4 Å². The Morgan fingerprint density at radius 2 is 1.88 bits per heavy atom. The number of rotatable bonds is 7. The average molecular weight is 358 g/mol. The molecule has 0 fully saturated rings. The molecule has 0 aromatic heterocycles. The number of nitrogens with one attached hydrogen (secondary N) is 1. The van der Waals surface area contributed by atoms with Gasteiger partial charge in [-0.15, -0.1) is 0 Å². The second kappa shape index (κ2) is 8.99. The molecule has 0 aliphatic heterocycles. The molecule has 0 radical (unpaired) electrons. The van der Waals surface area contributed by atoms with Crippen molar-refractivity contribution in [2.45, 2.75) is 26.4 Å². The highest BCUT2D eigenvalue weighted by Crippen LogP contribution is 2.14. The fraction of sp³-hybridized carbons (Fsp3) is 0.300. The maximum atomic E-state index is 13.1. The molecule has 6 heteroatoms. The number of ether oxygens (including phenoxy) is 1. The second-order valence-electron chi connectivity index (χ2n) is 6.04. The molecule has 0 heterocycles. The van der Waals surface area contributed by atoms with Crippen LogP contribution >= 0.6 is 0 Å². The molecule has 0 spiro atoms. The van der Waals surface area contributed by atoms with Crippen molar-refractivity contribution >= 4 is 11.8 Å². The van der Waals surface area contributed by atoms with Gasteiger partial charge in [0.05, 0.1) is 0 Å². The summed E-state index contributed by atoms with van der Waals surface area (Å²) < 4.78 is 18.7. The lowest BCUT2D eigenvalue weighted by molar-refractivity contribution is -0.142. The predicted octanol–water partition coefficient (Wildman–Crippen LogP) is 2.68. The summed E-state index contributed by atoms with van der Waals surface area (Å²) in [4.78, 5) is 26.1. The molecular weight excluding hydrogens is 335 g/mol. The van der Waals surface area contributed by atoms with E-state index in [1.165, 1.54) is 24.1 Å². The zero-order chi connectivity index (χ0) is 19.1. The normalized spacial score (nSPS) is 11.5. The number of nitrogens with zero attached hydrogens (tertiary/aromatic N) is 1. The van der Waals surface area contributed by atoms with E-state index in [1.54, 1.807) is 25.1 Å². The predicted molar refractivity (Wildman–Crippen MR) is 97.2 cm³/mol. The maximum Gasteiger partial charge on any atom is 0.261 e. The minimum atomic E-state index is -0.682. The zero-order valence-corrected chi connectivity index (χ0v) is 15.2. The highest BCUT2D eigenvalue weighted by atomic mass is 19.1. The SMILES string of the molecule is CNC(=O)[C@@H](C)N(Cc1ccc(F)cc1)C(=O)COc1cccc(C)c1. The topological polar surface area (TPSA) is 58.6 Å². The third-order valence-corrected chi connectivity index (χ3v) is 4.03. The van der Waals surface area contributed by atoms with Crippen LogP contribution < -0.4 is 10.1 Å². The molecule has 0 aliphatic carbocycles. The summed E-state index contributed by atoms with van der Waals surface area (Å²) in [6, 6.07) is 12.5. The summed E-state index contributed by atoms with van der Waals surface area (Å²) in [6.45, 7) is 3.58. The lowest BCUT2D eigenvalue weighted by Gasteiger charge is -2.28. The lowest BCUT2D eigenvalue weighted by atomic mass is 10.1. The molecule has 2 aromatic carbocycles. The molecule has 1 atom stereocenters. The van der Waals surface area contributed by atoms with Gasteiger partial charge in [-0.25, -0.2) is 4.39 Å². The van der Waals surface area contributed by atoms with E-state index < -0.39 is 6.04 Å². The number of likely N-dealkylation sites (N-methyl/N-ethyl adjacent to an activating group) is 1. The molecule has 138 valence electrons. The molecule has 2 amide bonds. The molecule has 0 unspecified atom stereocenters. The third-order valence-electron chi connectivity index (χ3n) is 4.03. The lowest BCUT2D eigenvalue weighted by Crippen LogP contribution is -2.48. The minimum absolute atomic E-state index is 0.185. The van der Waals surface area contributed by atoms with Gasteiger partial charge in [-0.1, -0.05) is 24.3 Å². The van der Waals surface area contributed by atoms with E-state index in [4.69, 9.17) is 4.74 Å². The number of aryl methyl sites for hydroxylation is 1. The Labute approximate surface area is 152 Å². The first-order valence-corrected chi connectivity index (χ1v) is 8.35. The van der Waals surface area contributed by atoms with E-state index in [0.717, 1.165) is 11.1 Å². The van der Waals surface area contributed by atoms with Gasteiger partial charge in [0.2, 0.25) is 5.91 Å². The molecule has 2 rings (SSSR count). The molecule has 2 aromatic rings. The van der Waals surface area contributed by atoms with Crippen molar-refractivity contribution in [2.75, 3.05) is 13.7 Å². The molecule has 0 saturated heterocycles. The number of carbonyl (C=O) groups excluding carboxylic acids is 2. The highest BCUT2D eigenvalue weighted by molar-refractivity contribution is 5.87. The highest BCUT2D eigenvalue weighted by Gasteiger charge is 2.25. The van der Waals surface area contributed by atoms with Crippen LogP contribution in [0.25, 0.3) is 0 Å². The molecule has 0 bridgehead atoms. The number of amides is 2. The van der Waals surface area contributed by atoms with Crippen LogP contribution in [0, 0.1) is 12.7 Å². The number of hydrogen-bond donors (Lipinski definition) is 1. The summed E-state index contributed by atoms with van der Waals surface area (Å²) in [5, 5.41) is 2.54. The molecule has 1 N–H and O–H groups in total. The van der Waals surface area contributed by atoms with Crippen molar-refractivity contribution in [3.05, 3.63) is 65.5 Å². The number of benzene rings is 2. The van der Waals surface area contributed by atoms with Crippen LogP contribution in [0.5, 0.6) is 5.75 Å². The van der Waals surface area contributed by atoms with Crippen molar-refractivity contribution in [2.24, 2.45) is 0 Å². The summed E-state index contributed by atoms with van der Waals surface area (Å²) in [5.41, 5.74) is 1.75. The van der Waals surface area contributed by atoms with Crippen LogP contribution in [0.15, 0.2) is 48.5 Å². The minimum Gasteiger partial charge on any atom is -0.484 e. The van der Waals surface area contributed by atoms with Crippen molar-refractivity contribution < 1.29 is 18.7 Å². The number of carbonyl (C=O) groups is 2. The first kappa shape index (κ1) is 19.4. The fourth-order valence-corrected chi connectivity index (χ4v) is 2.51. The first-order valence-electron chi connectivity index (χ1n) is 8.35. The smallest absolute Gasteiger partial charge is 0.261 e. The Morgan fingerprint density at radius 1 is 1.19 bits per heavy atom. The Morgan fingerprint density at radius 3 is 2.50 bits per heavy atom. The van der Waals surface area contributed by atoms with E-state index in [1.807, 2.05) is 25.1 Å². The van der Waals surface area contributed by atoms with Gasteiger partial charge in [0.25, 0.3) is 5.91 Å². The van der Waals surface area contributed by atoms with Gasteiger partial charge in [0, 0.05) is 13.6 Å². The van der Waals surface area contributed by atoms with E-state index in [9.17, 15) is 14.0 Å². The summed E-state index contributed by atoms with van der Waals surface area (Å²) in [5.74, 6) is -0.371. The van der Waals surface area contributed by atoms with Crippen LogP contribution in [0.1, 0.15) is 18.1 Å². The Kier molecular flexibility index (Phi) is 6.72. The molecule has 5 nitrogen and oxygen atoms in total. The fourth-order valence-electron chi connectivity index (χ4n) is 2.51. The summed E-state index contributed by atoms with van der Waals surface area (Å²) in [6.07, 6.45) is 0. The zero-order valence-electron chi connectivity index (χ0n) is 15.2. The first-order chi connectivity index (χ1) is 12.4. The standard InChI is InChI=1S/C20H23FN2O3/c1-14-5-4-6-18(11-14)26-13-19(24)23(15(2)20(25)22-3)12-16-7-9-17(21)10-8-16/h4-11,15H,12-13H2,1-3H3,(H,22,25)/t15-/m1/s1. The summed E-state index contributed by atoms with van der Waals surface area (Å²) in [7, 11) is 1.52. The van der Waals surface area contributed by atoms with Crippen molar-refractivity contribution in [1.82, 2.24) is 10.2 Å². The van der Waals surface area contributed by atoms with Gasteiger partial charge in [-0.3, -0.25) is 9.59 Å². The van der Waals surface area contributed by atoms with Gasteiger partial charge >= 0.3 is 0 Å². The second-order valence-corrected chi connectivity index (χ2v) is 6.04. The molecular formula is C20H23FN2O3. The van der Waals surface area contributed by atoms with Crippen LogP contribution in [0.2, 0.25) is 0 Å². The maximum absolute atomic E-state index is 13.1. The Bertz CT molecular complexity index is 762. The largest absolute Gasteiger partial charge is 0.484 e. The van der Waals surface area contributed by atoms with Gasteiger partial charge in [0.15, 0.2) is 6.61 Å². The van der Waals surface area contributed by atoms with Crippen molar-refractivity contribution in [3.8, 4) is 5.75 Å². The van der Waals surface area contributed by atoms with Crippen LogP contribution in [0.4, 0.5) is 4.39 Å². The number of hydrogen-bond acceptors (Lipinski definition) is 3. The Balaban J connectivity index is 2.12. The monoisotopic (exact) mass is 358 g/mol. The Hall–Kier alpha value is -2.89. The van der Waals surface area contributed by atoms with Crippen LogP contribution in [0.3, 0.4) is 0 Å². The van der Waals surface area contributed by atoms with Gasteiger partial charge in [-0.05, 0) is 49.2 Å². The third kappa shape index (κ3) is 5.31. The molecule has 0 saturated carbocycles. The quantitative estimate of drug-likeness (QED) is 0.828. The average Bonchev–Trinajstić information content (AvgIpc) is 2.64. The summed E-state index contributed by atoms with van der Waals surface area (Å²) >= 11 is 0. The van der Waals surface area contributed by atoms with E-state index in [-0.39, 0.29) is 30.8 Å². The van der Waals surface area contributed by atoms with Crippen LogP contribution in [-0.2, 0) is 16.1 Å². The van der Waals surface area contributed by atoms with E-state index >= 15 is 0 Å². The van der Waals surface area contributed by atoms with Gasteiger partial charge in [-0.2, -0.15) is 0 Å². The van der Waals surface area contributed by atoms with Crippen molar-refractivity contribution in [3.63, 3.8) is 0 Å². The van der Waals surface area contributed by atoms with Crippen molar-refractivity contribution in [1.29, 1.82) is 0 Å². The molecule has 26 heavy (non-hydrogen) atoms. The number of halogens is 1. The van der Waals surface area contributed by atoms with E-state index in [2.05, 4.69) is 5.32 Å². The van der Waals surface area contributed by atoms with Gasteiger partial charge < -0.3 is 15.0 Å². The molecule has 0 aliphatic rings. The van der Waals surface area contributed by atoms with E-state index in [0.29, 0.717) is 5.75 Å².